The molecule has 0 spiro atoms. The Morgan fingerprint density at radius 3 is 2.02 bits per heavy atom. The first-order valence-corrected chi connectivity index (χ1v) is 14.2. The fraction of sp³-hybridized carbons (Fsp3) is 0.375. The van der Waals surface area contributed by atoms with E-state index in [9.17, 15) is 35.9 Å². The van der Waals surface area contributed by atoms with E-state index in [-0.39, 0.29) is 38.2 Å². The van der Waals surface area contributed by atoms with Crippen molar-refractivity contribution in [3.8, 4) is 0 Å². The number of amides is 3. The third-order valence-corrected chi connectivity index (χ3v) is 7.51. The summed E-state index contributed by atoms with van der Waals surface area (Å²) >= 11 is 0. The van der Waals surface area contributed by atoms with Crippen LogP contribution in [0.1, 0.15) is 51.5 Å². The van der Waals surface area contributed by atoms with E-state index >= 15 is 0 Å². The lowest BCUT2D eigenvalue weighted by Gasteiger charge is -2.30. The highest BCUT2D eigenvalue weighted by molar-refractivity contribution is 5.95. The highest BCUT2D eigenvalue weighted by atomic mass is 19.4. The molecule has 1 heterocycles. The number of hydrogen-bond donors (Lipinski definition) is 1. The normalized spacial score (nSPS) is 16.1. The second-order valence-electron chi connectivity index (χ2n) is 10.8. The van der Waals surface area contributed by atoms with Gasteiger partial charge < -0.3 is 20.0 Å². The lowest BCUT2D eigenvalue weighted by atomic mass is 9.99. The first-order chi connectivity index (χ1) is 20.8. The molecule has 3 aromatic carbocycles. The van der Waals surface area contributed by atoms with E-state index in [1.807, 2.05) is 37.4 Å². The summed E-state index contributed by atoms with van der Waals surface area (Å²) in [4.78, 5) is 31.6. The smallest absolute Gasteiger partial charge is 0.338 e. The van der Waals surface area contributed by atoms with Crippen molar-refractivity contribution in [1.82, 2.24) is 20.0 Å². The van der Waals surface area contributed by atoms with Crippen molar-refractivity contribution < 1.29 is 35.9 Å². The van der Waals surface area contributed by atoms with E-state index in [2.05, 4.69) is 10.2 Å². The van der Waals surface area contributed by atoms with Crippen molar-refractivity contribution in [3.63, 3.8) is 0 Å². The fourth-order valence-electron chi connectivity index (χ4n) is 5.27. The predicted molar refractivity (Wildman–Crippen MR) is 154 cm³/mol. The second kappa shape index (κ2) is 14.1. The Morgan fingerprint density at radius 2 is 1.43 bits per heavy atom. The molecule has 44 heavy (non-hydrogen) atoms. The molecule has 1 unspecified atom stereocenters. The molecule has 0 saturated carbocycles. The Labute approximate surface area is 252 Å². The van der Waals surface area contributed by atoms with E-state index in [0.29, 0.717) is 30.7 Å². The molecule has 4 rings (SSSR count). The number of urea groups is 1. The summed E-state index contributed by atoms with van der Waals surface area (Å²) in [7, 11) is 1.99. The van der Waals surface area contributed by atoms with Crippen LogP contribution in [0.25, 0.3) is 0 Å². The number of nitrogens with zero attached hydrogens (tertiary/aromatic N) is 3. The van der Waals surface area contributed by atoms with Gasteiger partial charge in [0.1, 0.15) is 0 Å². The van der Waals surface area contributed by atoms with Crippen LogP contribution in [-0.2, 0) is 18.9 Å². The first-order valence-electron chi connectivity index (χ1n) is 14.2. The molecule has 0 aliphatic carbocycles. The van der Waals surface area contributed by atoms with Crippen molar-refractivity contribution in [2.45, 2.75) is 37.8 Å². The van der Waals surface area contributed by atoms with E-state index in [1.54, 1.807) is 30.3 Å². The Balaban J connectivity index is 1.46. The van der Waals surface area contributed by atoms with Gasteiger partial charge in [0.25, 0.3) is 5.91 Å². The maximum Gasteiger partial charge on any atom is 0.416 e. The summed E-state index contributed by atoms with van der Waals surface area (Å²) in [6.45, 7) is 2.12. The molecule has 3 amide bonds. The summed E-state index contributed by atoms with van der Waals surface area (Å²) in [6, 6.07) is 18.5. The molecule has 6 nitrogen and oxygen atoms in total. The van der Waals surface area contributed by atoms with Crippen LogP contribution >= 0.6 is 0 Å². The molecule has 1 aliphatic rings. The zero-order valence-electron chi connectivity index (χ0n) is 24.2. The Kier molecular flexibility index (Phi) is 10.6. The van der Waals surface area contributed by atoms with Gasteiger partial charge in [0.2, 0.25) is 0 Å². The van der Waals surface area contributed by atoms with Crippen molar-refractivity contribution in [1.29, 1.82) is 0 Å². The SMILES string of the molecule is CN(CCCNC(=O)N1CCC(c2ccccc2)N(C(=O)c2cc(C(F)(F)F)cc(C(F)(F)F)c2)CC1)Cc1ccccc1. The summed E-state index contributed by atoms with van der Waals surface area (Å²) in [6.07, 6.45) is -9.23. The van der Waals surface area contributed by atoms with Crippen LogP contribution in [0.3, 0.4) is 0 Å². The van der Waals surface area contributed by atoms with Crippen LogP contribution in [0, 0.1) is 0 Å². The van der Waals surface area contributed by atoms with Gasteiger partial charge in [-0.3, -0.25) is 4.79 Å². The first kappa shape index (κ1) is 32.8. The van der Waals surface area contributed by atoms with Crippen LogP contribution in [0.5, 0.6) is 0 Å². The van der Waals surface area contributed by atoms with E-state index < -0.39 is 41.0 Å². The minimum atomic E-state index is -5.08. The standard InChI is InChI=1S/C32H34F6N4O2/c1-40(22-23-9-4-2-5-10-23)15-8-14-39-30(44)41-16-13-28(24-11-6-3-7-12-24)42(18-17-41)29(43)25-19-26(31(33,34)35)21-27(20-25)32(36,37)38/h2-7,9-12,19-21,28H,8,13-18,22H2,1H3,(H,39,44). The summed E-state index contributed by atoms with van der Waals surface area (Å²) in [5.41, 5.74) is -2.00. The topological polar surface area (TPSA) is 55.9 Å². The lowest BCUT2D eigenvalue weighted by molar-refractivity contribution is -0.143. The van der Waals surface area contributed by atoms with Crippen LogP contribution in [-0.4, -0.2) is 66.4 Å². The zero-order chi connectivity index (χ0) is 31.9. The average molecular weight is 621 g/mol. The molecule has 0 aromatic heterocycles. The number of carbonyl (C=O) groups is 2. The molecule has 1 N–H and O–H groups in total. The van der Waals surface area contributed by atoms with Gasteiger partial charge in [0, 0.05) is 38.3 Å². The number of hydrogen-bond acceptors (Lipinski definition) is 3. The van der Waals surface area contributed by atoms with Gasteiger partial charge in [0.05, 0.1) is 17.2 Å². The van der Waals surface area contributed by atoms with Gasteiger partial charge in [0.15, 0.2) is 0 Å². The molecule has 1 atom stereocenters. The third kappa shape index (κ3) is 8.75. The second-order valence-corrected chi connectivity index (χ2v) is 10.8. The van der Waals surface area contributed by atoms with Crippen molar-refractivity contribution in [3.05, 3.63) is 107 Å². The maximum absolute atomic E-state index is 13.6. The molecule has 1 fully saturated rings. The van der Waals surface area contributed by atoms with Gasteiger partial charge in [-0.2, -0.15) is 26.3 Å². The Bertz CT molecular complexity index is 1370. The molecule has 236 valence electrons. The van der Waals surface area contributed by atoms with E-state index in [0.717, 1.165) is 13.1 Å². The highest BCUT2D eigenvalue weighted by Crippen LogP contribution is 2.37. The quantitative estimate of drug-likeness (QED) is 0.222. The van der Waals surface area contributed by atoms with E-state index in [1.165, 1.54) is 15.4 Å². The minimum absolute atomic E-state index is 0.000606. The number of alkyl halides is 6. The number of carbonyl (C=O) groups excluding carboxylic acids is 2. The lowest BCUT2D eigenvalue weighted by Crippen LogP contribution is -2.43. The maximum atomic E-state index is 13.6. The fourth-order valence-corrected chi connectivity index (χ4v) is 5.27. The summed E-state index contributed by atoms with van der Waals surface area (Å²) in [5, 5.41) is 2.88. The van der Waals surface area contributed by atoms with Crippen molar-refractivity contribution in [2.75, 3.05) is 39.8 Å². The number of halogens is 6. The Hall–Kier alpha value is -4.06. The zero-order valence-corrected chi connectivity index (χ0v) is 24.2. The average Bonchev–Trinajstić information content (AvgIpc) is 3.22. The van der Waals surface area contributed by atoms with Gasteiger partial charge in [-0.1, -0.05) is 60.7 Å². The van der Waals surface area contributed by atoms with Crippen molar-refractivity contribution in [2.24, 2.45) is 0 Å². The van der Waals surface area contributed by atoms with Gasteiger partial charge >= 0.3 is 18.4 Å². The Morgan fingerprint density at radius 1 is 0.841 bits per heavy atom. The molecule has 1 saturated heterocycles. The number of rotatable bonds is 8. The number of nitrogens with one attached hydrogen (secondary N) is 1. The van der Waals surface area contributed by atoms with Gasteiger partial charge in [-0.15, -0.1) is 0 Å². The highest BCUT2D eigenvalue weighted by Gasteiger charge is 2.39. The van der Waals surface area contributed by atoms with Crippen LogP contribution in [0.4, 0.5) is 31.1 Å². The van der Waals surface area contributed by atoms with Crippen LogP contribution < -0.4 is 5.32 Å². The van der Waals surface area contributed by atoms with Gasteiger partial charge in [-0.25, -0.2) is 4.79 Å². The van der Waals surface area contributed by atoms with Crippen LogP contribution in [0.2, 0.25) is 0 Å². The van der Waals surface area contributed by atoms with Gasteiger partial charge in [-0.05, 0) is 55.8 Å². The summed E-state index contributed by atoms with van der Waals surface area (Å²) < 4.78 is 81.1. The molecule has 12 heteroatoms. The largest absolute Gasteiger partial charge is 0.416 e. The number of benzene rings is 3. The molecular formula is C32H34F6N4O2. The summed E-state index contributed by atoms with van der Waals surface area (Å²) in [5.74, 6) is -0.973. The predicted octanol–water partition coefficient (Wildman–Crippen LogP) is 6.85. The van der Waals surface area contributed by atoms with Crippen molar-refractivity contribution >= 4 is 11.9 Å². The molecule has 3 aromatic rings. The third-order valence-electron chi connectivity index (χ3n) is 7.51. The molecular weight excluding hydrogens is 586 g/mol. The minimum Gasteiger partial charge on any atom is -0.338 e. The molecule has 0 radical (unpaired) electrons. The molecule has 1 aliphatic heterocycles. The monoisotopic (exact) mass is 620 g/mol. The molecule has 0 bridgehead atoms. The van der Waals surface area contributed by atoms with Crippen LogP contribution in [0.15, 0.2) is 78.9 Å². The van der Waals surface area contributed by atoms with E-state index in [4.69, 9.17) is 0 Å².